The number of nitrogens with two attached hydrogens (primary N) is 1. The van der Waals surface area contributed by atoms with Crippen LogP contribution in [0.25, 0.3) is 11.2 Å². The predicted molar refractivity (Wildman–Crippen MR) is 88.0 cm³/mol. The number of aliphatic hydroxyl groups excluding tert-OH is 2. The summed E-state index contributed by atoms with van der Waals surface area (Å²) in [5, 5.41) is 19.6. The third kappa shape index (κ3) is 3.31. The van der Waals surface area contributed by atoms with E-state index in [2.05, 4.69) is 31.7 Å². The van der Waals surface area contributed by atoms with Gasteiger partial charge in [-0.2, -0.15) is 4.98 Å². The first-order chi connectivity index (χ1) is 11.8. The van der Waals surface area contributed by atoms with E-state index in [0.717, 1.165) is 7.11 Å². The number of fused-ring (bicyclic) bond motifs is 1. The van der Waals surface area contributed by atoms with E-state index in [0.29, 0.717) is 0 Å². The number of nitrogens with zero attached hydrogens (tertiary/aromatic N) is 3. The maximum absolute atomic E-state index is 12.0. The van der Waals surface area contributed by atoms with Gasteiger partial charge < -0.3 is 25.2 Å². The van der Waals surface area contributed by atoms with Crippen LogP contribution in [0.2, 0.25) is 0 Å². The molecular weight excluding hydrogens is 377 g/mol. The molecule has 25 heavy (non-hydrogen) atoms. The van der Waals surface area contributed by atoms with Gasteiger partial charge in [0, 0.05) is 7.11 Å². The number of ether oxygens (including phenoxy) is 1. The number of aromatic nitrogens is 4. The van der Waals surface area contributed by atoms with Gasteiger partial charge in [-0.25, -0.2) is 9.55 Å². The van der Waals surface area contributed by atoms with E-state index < -0.39 is 43.5 Å². The highest BCUT2D eigenvalue weighted by Crippen LogP contribution is 2.55. The molecule has 5 atom stereocenters. The van der Waals surface area contributed by atoms with Gasteiger partial charge in [-0.15, -0.1) is 0 Å². The first-order valence-electron chi connectivity index (χ1n) is 7.01. The lowest BCUT2D eigenvalue weighted by atomic mass is 10.1. The molecule has 0 spiro atoms. The van der Waals surface area contributed by atoms with Gasteiger partial charge in [0.25, 0.3) is 5.56 Å². The molecule has 0 amide bonds. The summed E-state index contributed by atoms with van der Waals surface area (Å²) in [7, 11) is 1.13. The molecule has 1 saturated heterocycles. The summed E-state index contributed by atoms with van der Waals surface area (Å²) in [5.41, 5.74) is 5.03. The lowest BCUT2D eigenvalue weighted by Gasteiger charge is -2.23. The van der Waals surface area contributed by atoms with Crippen molar-refractivity contribution in [3.05, 3.63) is 16.7 Å². The van der Waals surface area contributed by atoms with Crippen LogP contribution in [-0.2, 0) is 18.3 Å². The van der Waals surface area contributed by atoms with E-state index in [1.165, 1.54) is 10.9 Å². The number of aliphatic hydroxyl groups is 2. The van der Waals surface area contributed by atoms with E-state index in [1.807, 2.05) is 0 Å². The molecule has 1 fully saturated rings. The molecule has 0 saturated carbocycles. The minimum atomic E-state index is -3.79. The molecule has 2 unspecified atom stereocenters. The topological polar surface area (TPSA) is 175 Å². The Morgan fingerprint density at radius 3 is 2.96 bits per heavy atom. The Morgan fingerprint density at radius 2 is 2.32 bits per heavy atom. The number of nitrogens with one attached hydrogen (secondary N) is 1. The Morgan fingerprint density at radius 1 is 1.60 bits per heavy atom. The molecule has 0 aromatic carbocycles. The second-order valence-electron chi connectivity index (χ2n) is 5.23. The minimum absolute atomic E-state index is 0.0146. The molecule has 1 aliphatic rings. The summed E-state index contributed by atoms with van der Waals surface area (Å²) in [4.78, 5) is 22.1. The fourth-order valence-corrected chi connectivity index (χ4v) is 3.48. The molecule has 0 bridgehead atoms. The van der Waals surface area contributed by atoms with Crippen molar-refractivity contribution in [1.82, 2.24) is 19.5 Å². The van der Waals surface area contributed by atoms with Crippen molar-refractivity contribution in [3.8, 4) is 0 Å². The molecule has 2 aromatic rings. The SMILES string of the molecule is COP(=O)(S)O[C@H]1C(O)[C@@H](CO)O[C@H]1n1cnc2c(=O)[nH]c(N)nc21. The highest BCUT2D eigenvalue weighted by molar-refractivity contribution is 8.44. The molecule has 5 N–H and O–H groups in total. The number of hydrogen-bond donors (Lipinski definition) is 5. The van der Waals surface area contributed by atoms with Crippen molar-refractivity contribution < 1.29 is 28.6 Å². The molecule has 2 aromatic heterocycles. The quantitative estimate of drug-likeness (QED) is 0.314. The monoisotopic (exact) mass is 393 g/mol. The van der Waals surface area contributed by atoms with Crippen molar-refractivity contribution in [2.24, 2.45) is 0 Å². The molecule has 138 valence electrons. The molecular formula is C11H16N5O7PS. The van der Waals surface area contributed by atoms with Gasteiger partial charge in [-0.1, -0.05) is 12.2 Å². The normalized spacial score (nSPS) is 29.1. The highest BCUT2D eigenvalue weighted by Gasteiger charge is 2.48. The van der Waals surface area contributed by atoms with Crippen LogP contribution in [0, 0.1) is 0 Å². The second-order valence-corrected chi connectivity index (χ2v) is 8.22. The number of imidazole rings is 1. The first kappa shape index (κ1) is 18.3. The van der Waals surface area contributed by atoms with Crippen molar-refractivity contribution >= 4 is 36.2 Å². The van der Waals surface area contributed by atoms with Crippen LogP contribution in [0.15, 0.2) is 11.1 Å². The molecule has 3 rings (SSSR count). The summed E-state index contributed by atoms with van der Waals surface area (Å²) in [6.45, 7) is -4.31. The van der Waals surface area contributed by atoms with Gasteiger partial charge in [-0.05, 0) is 0 Å². The van der Waals surface area contributed by atoms with Gasteiger partial charge in [-0.3, -0.25) is 18.9 Å². The highest BCUT2D eigenvalue weighted by atomic mass is 32.7. The standard InChI is InChI=1S/C11H16N5O7PS/c1-21-24(20,25)23-7-6(18)4(2-17)22-10(7)16-3-13-5-8(16)14-11(12)15-9(5)19/h3-4,6-7,10,17-18H,2H2,1H3,(H,20,25)(H3,12,14,15,19)/t4-,6?,7+,10-,24?/m1/s1. The Labute approximate surface area is 145 Å². The van der Waals surface area contributed by atoms with E-state index >= 15 is 0 Å². The van der Waals surface area contributed by atoms with Crippen molar-refractivity contribution in [3.63, 3.8) is 0 Å². The average molecular weight is 393 g/mol. The van der Waals surface area contributed by atoms with Gasteiger partial charge >= 0.3 is 6.80 Å². The number of H-pyrrole nitrogens is 1. The van der Waals surface area contributed by atoms with Crippen molar-refractivity contribution in [2.45, 2.75) is 24.5 Å². The van der Waals surface area contributed by atoms with Crippen molar-refractivity contribution in [1.29, 1.82) is 0 Å². The maximum Gasteiger partial charge on any atom is 0.386 e. The van der Waals surface area contributed by atoms with E-state index in [1.54, 1.807) is 0 Å². The van der Waals surface area contributed by atoms with E-state index in [9.17, 15) is 19.6 Å². The zero-order valence-corrected chi connectivity index (χ0v) is 14.6. The summed E-state index contributed by atoms with van der Waals surface area (Å²) >= 11 is 3.77. The summed E-state index contributed by atoms with van der Waals surface area (Å²) in [5.74, 6) is -0.147. The Hall–Kier alpha value is -1.47. The molecule has 0 radical (unpaired) electrons. The smallest absolute Gasteiger partial charge is 0.386 e. The van der Waals surface area contributed by atoms with Gasteiger partial charge in [0.2, 0.25) is 5.95 Å². The summed E-state index contributed by atoms with van der Waals surface area (Å²) in [6.07, 6.45) is -3.49. The Balaban J connectivity index is 2.07. The Bertz CT molecular complexity index is 887. The number of anilines is 1. The predicted octanol–water partition coefficient (Wildman–Crippen LogP) is -0.978. The van der Waals surface area contributed by atoms with Crippen LogP contribution in [0.4, 0.5) is 5.95 Å². The third-order valence-corrected chi connectivity index (χ3v) is 5.45. The van der Waals surface area contributed by atoms with Gasteiger partial charge in [0.1, 0.15) is 18.3 Å². The number of nitrogen functional groups attached to an aromatic ring is 1. The minimum Gasteiger partial charge on any atom is -0.394 e. The lowest BCUT2D eigenvalue weighted by Crippen LogP contribution is -2.34. The van der Waals surface area contributed by atoms with E-state index in [4.69, 9.17) is 15.0 Å². The fourth-order valence-electron chi connectivity index (χ4n) is 2.53. The lowest BCUT2D eigenvalue weighted by molar-refractivity contribution is -0.0491. The largest absolute Gasteiger partial charge is 0.394 e. The van der Waals surface area contributed by atoms with Crippen molar-refractivity contribution in [2.75, 3.05) is 19.5 Å². The van der Waals surface area contributed by atoms with Gasteiger partial charge in [0.15, 0.2) is 17.4 Å². The summed E-state index contributed by atoms with van der Waals surface area (Å²) < 4.78 is 28.8. The van der Waals surface area contributed by atoms with Crippen LogP contribution in [0.3, 0.4) is 0 Å². The average Bonchev–Trinajstić information content (AvgIpc) is 3.09. The van der Waals surface area contributed by atoms with E-state index in [-0.39, 0.29) is 17.1 Å². The van der Waals surface area contributed by atoms with Crippen LogP contribution in [0.1, 0.15) is 6.23 Å². The summed E-state index contributed by atoms with van der Waals surface area (Å²) in [6, 6.07) is 0. The number of aromatic amines is 1. The number of thiol groups is 1. The molecule has 0 aliphatic carbocycles. The van der Waals surface area contributed by atoms with Gasteiger partial charge in [0.05, 0.1) is 12.9 Å². The zero-order chi connectivity index (χ0) is 18.4. The number of rotatable bonds is 5. The fraction of sp³-hybridized carbons (Fsp3) is 0.545. The van der Waals surface area contributed by atoms with Crippen LogP contribution in [-0.4, -0.2) is 61.8 Å². The van der Waals surface area contributed by atoms with Crippen LogP contribution in [0.5, 0.6) is 0 Å². The zero-order valence-electron chi connectivity index (χ0n) is 12.8. The van der Waals surface area contributed by atoms with Crippen LogP contribution >= 0.6 is 19.0 Å². The third-order valence-electron chi connectivity index (χ3n) is 3.70. The Kier molecular flexibility index (Phi) is 4.90. The van der Waals surface area contributed by atoms with Crippen LogP contribution < -0.4 is 11.3 Å². The molecule has 14 heteroatoms. The molecule has 3 heterocycles. The first-order valence-corrected chi connectivity index (χ1v) is 9.70. The maximum atomic E-state index is 12.0. The molecule has 12 nitrogen and oxygen atoms in total. The number of hydrogen-bond acceptors (Lipinski definition) is 10. The molecule has 1 aliphatic heterocycles. The second kappa shape index (κ2) is 6.68.